The molecule has 0 radical (unpaired) electrons. The Morgan fingerprint density at radius 2 is 1.86 bits per heavy atom. The molecular weight excluding hydrogens is 126 g/mol. The van der Waals surface area contributed by atoms with Crippen LogP contribution in [0.15, 0.2) is 0 Å². The molecule has 1 fully saturated rings. The summed E-state index contributed by atoms with van der Waals surface area (Å²) in [5, 5.41) is 0. The number of halogens is 1. The molecule has 0 aromatic heterocycles. The van der Waals surface area contributed by atoms with E-state index in [4.69, 9.17) is 11.2 Å². The van der Waals surface area contributed by atoms with Crippen LogP contribution in [0.1, 0.15) is 13.8 Å². The predicted octanol–water partition coefficient (Wildman–Crippen LogP) is 2.66. The van der Waals surface area contributed by atoms with Crippen molar-refractivity contribution >= 4 is 18.5 Å². The SMILES string of the molecule is CC1(C)CP(Cl)C1. The van der Waals surface area contributed by atoms with Gasteiger partial charge in [-0.1, -0.05) is 25.1 Å². The Morgan fingerprint density at radius 1 is 1.43 bits per heavy atom. The van der Waals surface area contributed by atoms with Crippen LogP contribution in [0.5, 0.6) is 0 Å². The minimum atomic E-state index is -0.0334. The maximum atomic E-state index is 5.80. The Labute approximate surface area is 50.8 Å². The first-order chi connectivity index (χ1) is 3.10. The van der Waals surface area contributed by atoms with Crippen molar-refractivity contribution in [2.45, 2.75) is 13.8 Å². The van der Waals surface area contributed by atoms with Crippen LogP contribution in [0.3, 0.4) is 0 Å². The zero-order valence-corrected chi connectivity index (χ0v) is 6.39. The third-order valence-corrected chi connectivity index (χ3v) is 4.31. The highest BCUT2D eigenvalue weighted by atomic mass is 35.7. The Hall–Kier alpha value is 0.720. The fourth-order valence-electron chi connectivity index (χ4n) is 0.883. The van der Waals surface area contributed by atoms with E-state index >= 15 is 0 Å². The van der Waals surface area contributed by atoms with Crippen molar-refractivity contribution < 1.29 is 0 Å². The summed E-state index contributed by atoms with van der Waals surface area (Å²) in [6.07, 6.45) is 2.54. The minimum absolute atomic E-state index is 0.0334. The van der Waals surface area contributed by atoms with Crippen LogP contribution in [0.25, 0.3) is 0 Å². The molecule has 0 aliphatic carbocycles. The molecule has 7 heavy (non-hydrogen) atoms. The summed E-state index contributed by atoms with van der Waals surface area (Å²) in [6, 6.07) is 0. The molecule has 0 atom stereocenters. The molecule has 1 rings (SSSR count). The summed E-state index contributed by atoms with van der Waals surface area (Å²) in [4.78, 5) is 0. The van der Waals surface area contributed by atoms with Crippen molar-refractivity contribution in [1.82, 2.24) is 0 Å². The molecule has 0 aromatic carbocycles. The van der Waals surface area contributed by atoms with Gasteiger partial charge in [-0.25, -0.2) is 0 Å². The van der Waals surface area contributed by atoms with E-state index in [1.807, 2.05) is 0 Å². The van der Waals surface area contributed by atoms with Gasteiger partial charge in [0, 0.05) is 0 Å². The maximum Gasteiger partial charge on any atom is -0.00863 e. The van der Waals surface area contributed by atoms with Gasteiger partial charge in [-0.2, -0.15) is 0 Å². The van der Waals surface area contributed by atoms with Gasteiger partial charge in [-0.05, 0) is 25.0 Å². The molecule has 0 bridgehead atoms. The van der Waals surface area contributed by atoms with E-state index < -0.39 is 0 Å². The van der Waals surface area contributed by atoms with Crippen LogP contribution in [0.4, 0.5) is 0 Å². The molecule has 0 nitrogen and oxygen atoms in total. The largest absolute Gasteiger partial charge is 0.0964 e. The molecule has 1 aliphatic rings. The van der Waals surface area contributed by atoms with Gasteiger partial charge < -0.3 is 0 Å². The van der Waals surface area contributed by atoms with E-state index in [1.54, 1.807) is 0 Å². The van der Waals surface area contributed by atoms with Crippen molar-refractivity contribution in [3.05, 3.63) is 0 Å². The Morgan fingerprint density at radius 3 is 1.86 bits per heavy atom. The molecule has 1 saturated heterocycles. The summed E-state index contributed by atoms with van der Waals surface area (Å²) in [6.45, 7) is 4.54. The highest BCUT2D eigenvalue weighted by Crippen LogP contribution is 2.59. The molecule has 0 aromatic rings. The van der Waals surface area contributed by atoms with E-state index in [2.05, 4.69) is 13.8 Å². The fraction of sp³-hybridized carbons (Fsp3) is 1.00. The van der Waals surface area contributed by atoms with Gasteiger partial charge in [0.25, 0.3) is 0 Å². The topological polar surface area (TPSA) is 0 Å². The van der Waals surface area contributed by atoms with Gasteiger partial charge in [0.05, 0.1) is 0 Å². The lowest BCUT2D eigenvalue weighted by Gasteiger charge is -2.38. The zero-order chi connectivity index (χ0) is 5.49. The smallest absolute Gasteiger partial charge is 0.00863 e. The summed E-state index contributed by atoms with van der Waals surface area (Å²) in [7, 11) is -0.0334. The number of rotatable bonds is 0. The van der Waals surface area contributed by atoms with Gasteiger partial charge in [0.2, 0.25) is 0 Å². The van der Waals surface area contributed by atoms with E-state index in [0.717, 1.165) is 0 Å². The van der Waals surface area contributed by atoms with Crippen molar-refractivity contribution in [1.29, 1.82) is 0 Å². The van der Waals surface area contributed by atoms with Crippen molar-refractivity contribution in [3.63, 3.8) is 0 Å². The molecule has 2 heteroatoms. The van der Waals surface area contributed by atoms with Gasteiger partial charge >= 0.3 is 0 Å². The first kappa shape index (κ1) is 5.85. The second kappa shape index (κ2) is 1.60. The summed E-state index contributed by atoms with van der Waals surface area (Å²) in [5.41, 5.74) is 0.591. The molecule has 42 valence electrons. The Bertz CT molecular complexity index is 72.1. The predicted molar refractivity (Wildman–Crippen MR) is 36.3 cm³/mol. The van der Waals surface area contributed by atoms with E-state index in [9.17, 15) is 0 Å². The zero-order valence-electron chi connectivity index (χ0n) is 4.74. The highest BCUT2D eigenvalue weighted by molar-refractivity contribution is 7.85. The Kier molecular flexibility index (Phi) is 1.34. The van der Waals surface area contributed by atoms with Crippen LogP contribution in [0, 0.1) is 5.41 Å². The van der Waals surface area contributed by atoms with Crippen LogP contribution < -0.4 is 0 Å². The third kappa shape index (κ3) is 1.30. The monoisotopic (exact) mass is 136 g/mol. The first-order valence-electron chi connectivity index (χ1n) is 2.51. The summed E-state index contributed by atoms with van der Waals surface area (Å²) in [5.74, 6) is 0. The quantitative estimate of drug-likeness (QED) is 0.449. The molecule has 0 spiro atoms. The molecule has 0 saturated carbocycles. The minimum Gasteiger partial charge on any atom is -0.0964 e. The van der Waals surface area contributed by atoms with Crippen LogP contribution in [-0.4, -0.2) is 12.3 Å². The Balaban J connectivity index is 2.29. The van der Waals surface area contributed by atoms with Crippen molar-refractivity contribution in [2.24, 2.45) is 5.41 Å². The third-order valence-electron chi connectivity index (χ3n) is 1.20. The lowest BCUT2D eigenvalue weighted by molar-refractivity contribution is 0.452. The summed E-state index contributed by atoms with van der Waals surface area (Å²) < 4.78 is 0. The second-order valence-corrected chi connectivity index (χ2v) is 5.94. The standard InChI is InChI=1S/C5H10ClP/c1-5(2)3-7(6)4-5/h3-4H2,1-2H3. The van der Waals surface area contributed by atoms with Crippen molar-refractivity contribution in [3.8, 4) is 0 Å². The van der Waals surface area contributed by atoms with Crippen LogP contribution in [-0.2, 0) is 0 Å². The van der Waals surface area contributed by atoms with Gasteiger partial charge in [0.15, 0.2) is 0 Å². The molecule has 1 heterocycles. The van der Waals surface area contributed by atoms with Crippen molar-refractivity contribution in [2.75, 3.05) is 12.3 Å². The molecule has 0 N–H and O–H groups in total. The fourth-order valence-corrected chi connectivity index (χ4v) is 4.59. The maximum absolute atomic E-state index is 5.80. The van der Waals surface area contributed by atoms with Crippen LogP contribution in [0.2, 0.25) is 0 Å². The average molecular weight is 137 g/mol. The lowest BCUT2D eigenvalue weighted by Crippen LogP contribution is -2.28. The second-order valence-electron chi connectivity index (χ2n) is 2.94. The van der Waals surface area contributed by atoms with E-state index in [-0.39, 0.29) is 7.27 Å². The number of hydrogen-bond acceptors (Lipinski definition) is 0. The van der Waals surface area contributed by atoms with E-state index in [1.165, 1.54) is 12.3 Å². The lowest BCUT2D eigenvalue weighted by atomic mass is 9.99. The number of hydrogen-bond donors (Lipinski definition) is 0. The molecular formula is C5H10ClP. The average Bonchev–Trinajstić information content (AvgIpc) is 1.27. The van der Waals surface area contributed by atoms with Gasteiger partial charge in [-0.15, -0.1) is 0 Å². The van der Waals surface area contributed by atoms with Gasteiger partial charge in [-0.3, -0.25) is 0 Å². The molecule has 1 aliphatic heterocycles. The highest BCUT2D eigenvalue weighted by Gasteiger charge is 2.34. The molecule has 0 amide bonds. The summed E-state index contributed by atoms with van der Waals surface area (Å²) >= 11 is 5.80. The van der Waals surface area contributed by atoms with E-state index in [0.29, 0.717) is 5.41 Å². The molecule has 0 unspecified atom stereocenters. The van der Waals surface area contributed by atoms with Crippen LogP contribution >= 0.6 is 18.5 Å². The first-order valence-corrected chi connectivity index (χ1v) is 5.13. The normalized spacial score (nSPS) is 29.6. The van der Waals surface area contributed by atoms with Gasteiger partial charge in [0.1, 0.15) is 0 Å².